The smallest absolute Gasteiger partial charge is 0.141 e. The van der Waals surface area contributed by atoms with Crippen LogP contribution in [-0.2, 0) is 0 Å². The van der Waals surface area contributed by atoms with E-state index >= 15 is 0 Å². The summed E-state index contributed by atoms with van der Waals surface area (Å²) >= 11 is 1.74. The van der Waals surface area contributed by atoms with Crippen LogP contribution in [0.5, 0.6) is 0 Å². The molecule has 2 atom stereocenters. The van der Waals surface area contributed by atoms with Gasteiger partial charge < -0.3 is 10.6 Å². The van der Waals surface area contributed by atoms with Crippen molar-refractivity contribution < 1.29 is 0 Å². The van der Waals surface area contributed by atoms with E-state index in [1.54, 1.807) is 17.7 Å². The first-order chi connectivity index (χ1) is 8.59. The van der Waals surface area contributed by atoms with Crippen LogP contribution >= 0.6 is 11.3 Å². The molecule has 0 saturated carbocycles. The van der Waals surface area contributed by atoms with Crippen molar-refractivity contribution in [3.05, 3.63) is 16.8 Å². The van der Waals surface area contributed by atoms with Crippen LogP contribution in [0, 0.1) is 13.8 Å². The third-order valence-corrected chi connectivity index (χ3v) is 5.15. The molecule has 5 heteroatoms. The minimum absolute atomic E-state index is 0.245. The van der Waals surface area contributed by atoms with E-state index < -0.39 is 0 Å². The standard InChI is InChI=1S/C13H18N4S/c1-7-9(3)18-13-11(7)12(15-6-16-13)17-5-4-10(14)8(17)2/h6,8,10H,4-5,14H2,1-3H3. The minimum atomic E-state index is 0.245. The summed E-state index contributed by atoms with van der Waals surface area (Å²) in [6.07, 6.45) is 2.71. The zero-order valence-corrected chi connectivity index (χ0v) is 11.8. The van der Waals surface area contributed by atoms with Gasteiger partial charge in [0, 0.05) is 23.5 Å². The van der Waals surface area contributed by atoms with Crippen LogP contribution in [0.2, 0.25) is 0 Å². The van der Waals surface area contributed by atoms with Gasteiger partial charge in [-0.3, -0.25) is 0 Å². The predicted octanol–water partition coefficient (Wildman–Crippen LogP) is 2.23. The highest BCUT2D eigenvalue weighted by Gasteiger charge is 2.30. The number of anilines is 1. The van der Waals surface area contributed by atoms with Gasteiger partial charge in [-0.15, -0.1) is 11.3 Å². The number of fused-ring (bicyclic) bond motifs is 1. The topological polar surface area (TPSA) is 55.0 Å². The number of rotatable bonds is 1. The van der Waals surface area contributed by atoms with E-state index in [0.29, 0.717) is 6.04 Å². The highest BCUT2D eigenvalue weighted by atomic mass is 32.1. The molecule has 1 saturated heterocycles. The number of thiophene rings is 1. The van der Waals surface area contributed by atoms with Gasteiger partial charge in [-0.25, -0.2) is 9.97 Å². The van der Waals surface area contributed by atoms with Crippen molar-refractivity contribution in [2.24, 2.45) is 5.73 Å². The third kappa shape index (κ3) is 1.61. The van der Waals surface area contributed by atoms with Crippen molar-refractivity contribution >= 4 is 27.4 Å². The first kappa shape index (κ1) is 11.9. The summed E-state index contributed by atoms with van der Waals surface area (Å²) in [6, 6.07) is 0.595. The van der Waals surface area contributed by atoms with E-state index in [-0.39, 0.29) is 6.04 Å². The molecular formula is C13H18N4S. The van der Waals surface area contributed by atoms with Gasteiger partial charge in [0.1, 0.15) is 17.0 Å². The van der Waals surface area contributed by atoms with Crippen molar-refractivity contribution in [2.45, 2.75) is 39.3 Å². The Kier molecular flexibility index (Phi) is 2.75. The van der Waals surface area contributed by atoms with Crippen LogP contribution in [0.15, 0.2) is 6.33 Å². The fourth-order valence-corrected chi connectivity index (χ4v) is 3.64. The fourth-order valence-electron chi connectivity index (χ4n) is 2.64. The summed E-state index contributed by atoms with van der Waals surface area (Å²) in [6.45, 7) is 7.47. The van der Waals surface area contributed by atoms with Gasteiger partial charge in [-0.05, 0) is 32.8 Å². The molecular weight excluding hydrogens is 244 g/mol. The minimum Gasteiger partial charge on any atom is -0.352 e. The van der Waals surface area contributed by atoms with Gasteiger partial charge in [-0.1, -0.05) is 0 Å². The molecule has 0 aliphatic carbocycles. The first-order valence-corrected chi connectivity index (χ1v) is 7.14. The molecule has 18 heavy (non-hydrogen) atoms. The molecule has 1 aliphatic rings. The third-order valence-electron chi connectivity index (χ3n) is 4.03. The molecule has 0 spiro atoms. The average molecular weight is 262 g/mol. The Labute approximate surface area is 111 Å². The Bertz CT molecular complexity index is 592. The Morgan fingerprint density at radius 1 is 1.39 bits per heavy atom. The Hall–Kier alpha value is -1.20. The second-order valence-electron chi connectivity index (χ2n) is 5.05. The monoisotopic (exact) mass is 262 g/mol. The summed E-state index contributed by atoms with van der Waals surface area (Å²) in [5.74, 6) is 1.06. The number of hydrogen-bond donors (Lipinski definition) is 1. The highest BCUT2D eigenvalue weighted by molar-refractivity contribution is 7.18. The quantitative estimate of drug-likeness (QED) is 0.856. The summed E-state index contributed by atoms with van der Waals surface area (Å²) in [4.78, 5) is 13.6. The zero-order chi connectivity index (χ0) is 12.9. The number of nitrogens with two attached hydrogens (primary N) is 1. The lowest BCUT2D eigenvalue weighted by atomic mass is 10.1. The lowest BCUT2D eigenvalue weighted by Crippen LogP contribution is -2.37. The Morgan fingerprint density at radius 3 is 2.83 bits per heavy atom. The maximum absolute atomic E-state index is 6.11. The molecule has 3 rings (SSSR count). The molecule has 3 heterocycles. The molecule has 2 aromatic heterocycles. The van der Waals surface area contributed by atoms with Gasteiger partial charge >= 0.3 is 0 Å². The van der Waals surface area contributed by atoms with Crippen molar-refractivity contribution in [1.29, 1.82) is 0 Å². The Balaban J connectivity index is 2.17. The molecule has 2 N–H and O–H groups in total. The van der Waals surface area contributed by atoms with Gasteiger partial charge in [-0.2, -0.15) is 0 Å². The number of aromatic nitrogens is 2. The summed E-state index contributed by atoms with van der Waals surface area (Å²) < 4.78 is 0. The van der Waals surface area contributed by atoms with E-state index in [9.17, 15) is 0 Å². The highest BCUT2D eigenvalue weighted by Crippen LogP contribution is 2.36. The summed E-state index contributed by atoms with van der Waals surface area (Å²) in [7, 11) is 0. The molecule has 2 aromatic rings. The molecule has 0 radical (unpaired) electrons. The van der Waals surface area contributed by atoms with Crippen molar-refractivity contribution in [1.82, 2.24) is 9.97 Å². The van der Waals surface area contributed by atoms with Crippen molar-refractivity contribution in [2.75, 3.05) is 11.4 Å². The second-order valence-corrected chi connectivity index (χ2v) is 6.25. The summed E-state index contributed by atoms with van der Waals surface area (Å²) in [5, 5.41) is 1.21. The van der Waals surface area contributed by atoms with Crippen molar-refractivity contribution in [3.8, 4) is 0 Å². The van der Waals surface area contributed by atoms with E-state index in [2.05, 4.69) is 35.6 Å². The average Bonchev–Trinajstić information content (AvgIpc) is 2.83. The van der Waals surface area contributed by atoms with Crippen LogP contribution in [0.4, 0.5) is 5.82 Å². The SMILES string of the molecule is Cc1sc2ncnc(N3CCC(N)C3C)c2c1C. The first-order valence-electron chi connectivity index (χ1n) is 6.32. The van der Waals surface area contributed by atoms with Crippen molar-refractivity contribution in [3.63, 3.8) is 0 Å². The van der Waals surface area contributed by atoms with Gasteiger partial charge in [0.15, 0.2) is 0 Å². The van der Waals surface area contributed by atoms with E-state index in [4.69, 9.17) is 5.73 Å². The zero-order valence-electron chi connectivity index (χ0n) is 11.0. The molecule has 1 fully saturated rings. The van der Waals surface area contributed by atoms with E-state index in [0.717, 1.165) is 23.6 Å². The maximum atomic E-state index is 6.11. The second kappa shape index (κ2) is 4.17. The maximum Gasteiger partial charge on any atom is 0.141 e. The molecule has 0 amide bonds. The van der Waals surface area contributed by atoms with Crippen LogP contribution in [0.3, 0.4) is 0 Å². The van der Waals surface area contributed by atoms with Crippen LogP contribution in [-0.4, -0.2) is 28.6 Å². The largest absolute Gasteiger partial charge is 0.352 e. The summed E-state index contributed by atoms with van der Waals surface area (Å²) in [5.41, 5.74) is 7.41. The fraction of sp³-hybridized carbons (Fsp3) is 0.538. The number of aryl methyl sites for hydroxylation is 2. The molecule has 0 aromatic carbocycles. The van der Waals surface area contributed by atoms with E-state index in [1.165, 1.54) is 15.8 Å². The normalized spacial score (nSPS) is 24.1. The molecule has 2 unspecified atom stereocenters. The van der Waals surface area contributed by atoms with Gasteiger partial charge in [0.25, 0.3) is 0 Å². The van der Waals surface area contributed by atoms with Crippen LogP contribution in [0.1, 0.15) is 23.8 Å². The number of hydrogen-bond acceptors (Lipinski definition) is 5. The molecule has 96 valence electrons. The van der Waals surface area contributed by atoms with Gasteiger partial charge in [0.05, 0.1) is 5.39 Å². The number of nitrogens with zero attached hydrogens (tertiary/aromatic N) is 3. The van der Waals surface area contributed by atoms with Gasteiger partial charge in [0.2, 0.25) is 0 Å². The Morgan fingerprint density at radius 2 is 2.17 bits per heavy atom. The molecule has 1 aliphatic heterocycles. The van der Waals surface area contributed by atoms with E-state index in [1.807, 2.05) is 0 Å². The lowest BCUT2D eigenvalue weighted by Gasteiger charge is -2.24. The molecule has 0 bridgehead atoms. The predicted molar refractivity (Wildman–Crippen MR) is 76.3 cm³/mol. The van der Waals surface area contributed by atoms with Crippen LogP contribution < -0.4 is 10.6 Å². The molecule has 4 nitrogen and oxygen atoms in total. The van der Waals surface area contributed by atoms with Crippen LogP contribution in [0.25, 0.3) is 10.2 Å². The lowest BCUT2D eigenvalue weighted by molar-refractivity contribution is 0.622.